The van der Waals surface area contributed by atoms with Crippen molar-refractivity contribution in [3.63, 3.8) is 0 Å². The Hall–Kier alpha value is -1.70. The summed E-state index contributed by atoms with van der Waals surface area (Å²) < 4.78 is 6.32. The van der Waals surface area contributed by atoms with Crippen LogP contribution in [0, 0.1) is 6.92 Å². The number of aryl methyl sites for hydroxylation is 1. The van der Waals surface area contributed by atoms with Gasteiger partial charge in [-0.3, -0.25) is 14.3 Å². The number of aliphatic hydroxyl groups is 2. The lowest BCUT2D eigenvalue weighted by atomic mass is 10.0. The Kier molecular flexibility index (Phi) is 3.20. The molecule has 98 valence electrons. The molecule has 2 rings (SSSR count). The second-order valence-electron chi connectivity index (χ2n) is 4.27. The Morgan fingerprint density at radius 2 is 2.17 bits per heavy atom. The fraction of sp³-hybridized carbons (Fsp3) is 0.455. The minimum Gasteiger partial charge on any atom is -0.386 e. The molecule has 0 amide bonds. The van der Waals surface area contributed by atoms with Crippen LogP contribution in [0.3, 0.4) is 0 Å². The number of H-pyrrole nitrogens is 1. The Bertz CT molecular complexity index is 588. The summed E-state index contributed by atoms with van der Waals surface area (Å²) in [5.74, 6) is 0. The standard InChI is InChI=1S/C11H14N2O5/c1-5-3-13(11(17)12-9(5)16)10-8(15)7(14)6(2)4-18-10/h3,7-8,10,14-15H,2,4H2,1H3,(H,12,16,17)/t7-,8-,10-/m1/s1. The topological polar surface area (TPSA) is 105 Å². The highest BCUT2D eigenvalue weighted by atomic mass is 16.5. The smallest absolute Gasteiger partial charge is 0.330 e. The maximum Gasteiger partial charge on any atom is 0.330 e. The van der Waals surface area contributed by atoms with E-state index in [1.165, 1.54) is 13.1 Å². The van der Waals surface area contributed by atoms with Crippen LogP contribution in [0.5, 0.6) is 0 Å². The van der Waals surface area contributed by atoms with Gasteiger partial charge in [-0.1, -0.05) is 6.58 Å². The zero-order valence-corrected chi connectivity index (χ0v) is 9.79. The van der Waals surface area contributed by atoms with Crippen LogP contribution in [-0.4, -0.2) is 38.6 Å². The van der Waals surface area contributed by atoms with E-state index in [4.69, 9.17) is 4.74 Å². The fourth-order valence-electron chi connectivity index (χ4n) is 1.79. The van der Waals surface area contributed by atoms with E-state index in [1.54, 1.807) is 0 Å². The molecule has 1 aromatic heterocycles. The average molecular weight is 254 g/mol. The van der Waals surface area contributed by atoms with Crippen LogP contribution in [0.2, 0.25) is 0 Å². The third-order valence-electron chi connectivity index (χ3n) is 2.89. The van der Waals surface area contributed by atoms with Gasteiger partial charge in [-0.2, -0.15) is 0 Å². The van der Waals surface area contributed by atoms with Gasteiger partial charge in [-0.25, -0.2) is 4.79 Å². The van der Waals surface area contributed by atoms with Gasteiger partial charge >= 0.3 is 5.69 Å². The second-order valence-corrected chi connectivity index (χ2v) is 4.27. The van der Waals surface area contributed by atoms with Gasteiger partial charge in [-0.05, 0) is 12.5 Å². The minimum atomic E-state index is -1.31. The summed E-state index contributed by atoms with van der Waals surface area (Å²) in [4.78, 5) is 25.0. The quantitative estimate of drug-likeness (QED) is 0.538. The first-order valence-electron chi connectivity index (χ1n) is 5.39. The minimum absolute atomic E-state index is 0.0352. The molecule has 18 heavy (non-hydrogen) atoms. The lowest BCUT2D eigenvalue weighted by Gasteiger charge is -2.34. The molecule has 2 heterocycles. The molecule has 7 heteroatoms. The van der Waals surface area contributed by atoms with E-state index >= 15 is 0 Å². The van der Waals surface area contributed by atoms with Crippen LogP contribution >= 0.6 is 0 Å². The summed E-state index contributed by atoms with van der Waals surface area (Å²) in [5, 5.41) is 19.5. The summed E-state index contributed by atoms with van der Waals surface area (Å²) >= 11 is 0. The van der Waals surface area contributed by atoms with Crippen molar-refractivity contribution in [1.29, 1.82) is 0 Å². The normalized spacial score (nSPS) is 28.4. The van der Waals surface area contributed by atoms with Crippen LogP contribution in [0.1, 0.15) is 11.8 Å². The van der Waals surface area contributed by atoms with Crippen LogP contribution in [0.4, 0.5) is 0 Å². The first-order chi connectivity index (χ1) is 8.41. The number of hydrogen-bond donors (Lipinski definition) is 3. The summed E-state index contributed by atoms with van der Waals surface area (Å²) in [7, 11) is 0. The number of nitrogens with zero attached hydrogens (tertiary/aromatic N) is 1. The number of aromatic amines is 1. The number of aliphatic hydroxyl groups excluding tert-OH is 2. The number of rotatable bonds is 1. The van der Waals surface area contributed by atoms with Gasteiger partial charge in [0.15, 0.2) is 6.23 Å². The first kappa shape index (κ1) is 12.7. The zero-order valence-electron chi connectivity index (χ0n) is 9.79. The van der Waals surface area contributed by atoms with Crippen LogP contribution in [0.15, 0.2) is 27.9 Å². The maximum absolute atomic E-state index is 11.6. The molecule has 0 unspecified atom stereocenters. The first-order valence-corrected chi connectivity index (χ1v) is 5.39. The number of nitrogens with one attached hydrogen (secondary N) is 1. The zero-order chi connectivity index (χ0) is 13.4. The molecule has 0 saturated carbocycles. The van der Waals surface area contributed by atoms with Crippen molar-refractivity contribution in [1.82, 2.24) is 9.55 Å². The Balaban J connectivity index is 2.44. The third-order valence-corrected chi connectivity index (χ3v) is 2.89. The van der Waals surface area contributed by atoms with Crippen molar-refractivity contribution in [2.24, 2.45) is 0 Å². The molecule has 3 N–H and O–H groups in total. The molecule has 1 aliphatic heterocycles. The van der Waals surface area contributed by atoms with Gasteiger partial charge in [0.2, 0.25) is 0 Å². The Labute approximate surface area is 102 Å². The molecule has 0 aliphatic carbocycles. The third kappa shape index (κ3) is 2.03. The van der Waals surface area contributed by atoms with Gasteiger partial charge in [0.25, 0.3) is 5.56 Å². The average Bonchev–Trinajstić information content (AvgIpc) is 2.32. The molecule has 7 nitrogen and oxygen atoms in total. The van der Waals surface area contributed by atoms with Gasteiger partial charge < -0.3 is 14.9 Å². The molecule has 1 saturated heterocycles. The van der Waals surface area contributed by atoms with E-state index in [-0.39, 0.29) is 6.61 Å². The molecule has 0 spiro atoms. The predicted octanol–water partition coefficient (Wildman–Crippen LogP) is -1.35. The van der Waals surface area contributed by atoms with Crippen LogP contribution < -0.4 is 11.2 Å². The lowest BCUT2D eigenvalue weighted by molar-refractivity contribution is -0.141. The lowest BCUT2D eigenvalue weighted by Crippen LogP contribution is -2.47. The van der Waals surface area contributed by atoms with E-state index in [9.17, 15) is 19.8 Å². The SMILES string of the molecule is C=C1CO[C@@H](n2cc(C)c(=O)[nH]c2=O)[C@H](O)[C@@H]1O. The molecular weight excluding hydrogens is 240 g/mol. The van der Waals surface area contributed by atoms with E-state index in [2.05, 4.69) is 11.6 Å². The van der Waals surface area contributed by atoms with Crippen molar-refractivity contribution in [3.8, 4) is 0 Å². The van der Waals surface area contributed by atoms with Crippen molar-refractivity contribution in [3.05, 3.63) is 44.8 Å². The molecule has 3 atom stereocenters. The fourth-order valence-corrected chi connectivity index (χ4v) is 1.79. The predicted molar refractivity (Wildman–Crippen MR) is 62.2 cm³/mol. The van der Waals surface area contributed by atoms with Crippen molar-refractivity contribution in [2.45, 2.75) is 25.4 Å². The van der Waals surface area contributed by atoms with E-state index in [0.717, 1.165) is 4.57 Å². The second kappa shape index (κ2) is 4.52. The number of aromatic nitrogens is 2. The van der Waals surface area contributed by atoms with Crippen LogP contribution in [0.25, 0.3) is 0 Å². The summed E-state index contributed by atoms with van der Waals surface area (Å²) in [6.45, 7) is 5.11. The van der Waals surface area contributed by atoms with E-state index in [0.29, 0.717) is 11.1 Å². The summed E-state index contributed by atoms with van der Waals surface area (Å²) in [6, 6.07) is 0. The highest BCUT2D eigenvalue weighted by Gasteiger charge is 2.35. The molecule has 1 aromatic rings. The largest absolute Gasteiger partial charge is 0.386 e. The Morgan fingerprint density at radius 3 is 2.83 bits per heavy atom. The van der Waals surface area contributed by atoms with Crippen molar-refractivity contribution < 1.29 is 14.9 Å². The van der Waals surface area contributed by atoms with Crippen molar-refractivity contribution in [2.75, 3.05) is 6.61 Å². The van der Waals surface area contributed by atoms with Gasteiger partial charge in [-0.15, -0.1) is 0 Å². The molecule has 0 radical (unpaired) electrons. The highest BCUT2D eigenvalue weighted by molar-refractivity contribution is 5.10. The molecule has 0 aromatic carbocycles. The Morgan fingerprint density at radius 1 is 1.50 bits per heavy atom. The van der Waals surface area contributed by atoms with Crippen LogP contribution in [-0.2, 0) is 4.74 Å². The molecule has 1 fully saturated rings. The maximum atomic E-state index is 11.6. The van der Waals surface area contributed by atoms with Gasteiger partial charge in [0.1, 0.15) is 12.2 Å². The molecule has 1 aliphatic rings. The van der Waals surface area contributed by atoms with Crippen molar-refractivity contribution >= 4 is 0 Å². The van der Waals surface area contributed by atoms with Gasteiger partial charge in [0, 0.05) is 11.8 Å². The van der Waals surface area contributed by atoms with Gasteiger partial charge in [0.05, 0.1) is 6.61 Å². The summed E-state index contributed by atoms with van der Waals surface area (Å²) in [5.41, 5.74) is -0.543. The van der Waals surface area contributed by atoms with E-state index < -0.39 is 29.7 Å². The summed E-state index contributed by atoms with van der Waals surface area (Å²) in [6.07, 6.45) is -2.23. The highest BCUT2D eigenvalue weighted by Crippen LogP contribution is 2.24. The monoisotopic (exact) mass is 254 g/mol. The van der Waals surface area contributed by atoms with E-state index in [1.807, 2.05) is 0 Å². The number of ether oxygens (including phenoxy) is 1. The number of hydrogen-bond acceptors (Lipinski definition) is 5. The molecule has 0 bridgehead atoms. The molecular formula is C11H14N2O5.